The van der Waals surface area contributed by atoms with Gasteiger partial charge in [0.2, 0.25) is 5.91 Å². The van der Waals surface area contributed by atoms with Gasteiger partial charge < -0.3 is 0 Å². The van der Waals surface area contributed by atoms with Gasteiger partial charge in [-0.1, -0.05) is 42.5 Å². The van der Waals surface area contributed by atoms with E-state index in [4.69, 9.17) is 0 Å². The molecule has 2 aromatic carbocycles. The number of carbonyl (C=O) groups is 2. The average molecular weight is 372 g/mol. The molecule has 0 spiro atoms. The zero-order valence-electron chi connectivity index (χ0n) is 14.1. The lowest BCUT2D eigenvalue weighted by atomic mass is 10.0. The fourth-order valence-electron chi connectivity index (χ4n) is 2.99. The number of benzene rings is 2. The highest BCUT2D eigenvalue weighted by Gasteiger charge is 2.29. The first kappa shape index (κ1) is 18.1. The Morgan fingerprint density at radius 1 is 0.923 bits per heavy atom. The maximum Gasteiger partial charge on any atom is 0.269 e. The van der Waals surface area contributed by atoms with Crippen molar-refractivity contribution in [3.05, 3.63) is 60.2 Å². The van der Waals surface area contributed by atoms with Crippen LogP contribution in [0.2, 0.25) is 0 Å². The van der Waals surface area contributed by atoms with Gasteiger partial charge >= 0.3 is 0 Å². The van der Waals surface area contributed by atoms with Gasteiger partial charge in [-0.05, 0) is 35.6 Å². The molecule has 7 heteroatoms. The molecule has 0 unspecified atom stereocenters. The van der Waals surface area contributed by atoms with Crippen LogP contribution in [-0.4, -0.2) is 31.7 Å². The molecule has 1 atom stereocenters. The van der Waals surface area contributed by atoms with Crippen molar-refractivity contribution in [3.63, 3.8) is 0 Å². The van der Waals surface area contributed by atoms with Crippen LogP contribution in [0.25, 0.3) is 11.1 Å². The van der Waals surface area contributed by atoms with Gasteiger partial charge in [0, 0.05) is 12.0 Å². The molecule has 1 aliphatic rings. The minimum atomic E-state index is -3.01. The first-order valence-electron chi connectivity index (χ1n) is 8.38. The second kappa shape index (κ2) is 7.70. The van der Waals surface area contributed by atoms with Gasteiger partial charge in [-0.25, -0.2) is 8.42 Å². The Kier molecular flexibility index (Phi) is 5.37. The van der Waals surface area contributed by atoms with E-state index in [1.807, 2.05) is 42.5 Å². The molecule has 3 rings (SSSR count). The summed E-state index contributed by atoms with van der Waals surface area (Å²) in [7, 11) is -3.01. The second-order valence-corrected chi connectivity index (χ2v) is 8.65. The molecule has 0 aliphatic carbocycles. The molecule has 2 amide bonds. The van der Waals surface area contributed by atoms with Crippen molar-refractivity contribution in [1.82, 2.24) is 10.9 Å². The molecule has 1 heterocycles. The zero-order valence-corrected chi connectivity index (χ0v) is 15.0. The maximum absolute atomic E-state index is 12.1. The van der Waals surface area contributed by atoms with Gasteiger partial charge in [0.15, 0.2) is 9.84 Å². The first-order valence-corrected chi connectivity index (χ1v) is 10.2. The first-order chi connectivity index (χ1) is 12.4. The van der Waals surface area contributed by atoms with Crippen molar-refractivity contribution in [1.29, 1.82) is 0 Å². The lowest BCUT2D eigenvalue weighted by molar-refractivity contribution is -0.122. The normalized spacial score (nSPS) is 18.2. The summed E-state index contributed by atoms with van der Waals surface area (Å²) in [5.74, 6) is -0.819. The van der Waals surface area contributed by atoms with Crippen molar-refractivity contribution in [2.45, 2.75) is 12.8 Å². The van der Waals surface area contributed by atoms with E-state index in [2.05, 4.69) is 10.9 Å². The smallest absolute Gasteiger partial charge is 0.269 e. The molecule has 2 aromatic rings. The van der Waals surface area contributed by atoms with Gasteiger partial charge in [-0.3, -0.25) is 20.4 Å². The SMILES string of the molecule is O=C(C[C@@H]1CCS(=O)(=O)C1)NNC(=O)c1ccc(-c2ccccc2)cc1. The summed E-state index contributed by atoms with van der Waals surface area (Å²) in [6, 6.07) is 16.9. The monoisotopic (exact) mass is 372 g/mol. The summed E-state index contributed by atoms with van der Waals surface area (Å²) in [6.45, 7) is 0. The quantitative estimate of drug-likeness (QED) is 0.802. The fourth-order valence-corrected chi connectivity index (χ4v) is 4.85. The van der Waals surface area contributed by atoms with E-state index in [1.165, 1.54) is 0 Å². The fraction of sp³-hybridized carbons (Fsp3) is 0.263. The zero-order chi connectivity index (χ0) is 18.6. The molecular formula is C19H20N2O4S. The number of hydrogen-bond donors (Lipinski definition) is 2. The van der Waals surface area contributed by atoms with E-state index in [0.717, 1.165) is 11.1 Å². The van der Waals surface area contributed by atoms with Crippen LogP contribution in [0.4, 0.5) is 0 Å². The van der Waals surface area contributed by atoms with Crippen LogP contribution in [-0.2, 0) is 14.6 Å². The number of rotatable bonds is 4. The minimum absolute atomic E-state index is 0.0370. The molecule has 1 fully saturated rings. The molecule has 6 nitrogen and oxygen atoms in total. The van der Waals surface area contributed by atoms with Crippen molar-refractivity contribution in [2.24, 2.45) is 5.92 Å². The highest BCUT2D eigenvalue weighted by molar-refractivity contribution is 7.91. The predicted octanol–water partition coefficient (Wildman–Crippen LogP) is 1.94. The summed E-state index contributed by atoms with van der Waals surface area (Å²) in [4.78, 5) is 24.0. The Balaban J connectivity index is 1.51. The third-order valence-corrected chi connectivity index (χ3v) is 6.21. The van der Waals surface area contributed by atoms with Gasteiger partial charge in [0.1, 0.15) is 0 Å². The summed E-state index contributed by atoms with van der Waals surface area (Å²) in [5.41, 5.74) is 7.19. The highest BCUT2D eigenvalue weighted by atomic mass is 32.2. The lowest BCUT2D eigenvalue weighted by Crippen LogP contribution is -2.42. The van der Waals surface area contributed by atoms with E-state index >= 15 is 0 Å². The number of nitrogens with one attached hydrogen (secondary N) is 2. The molecule has 0 saturated carbocycles. The molecule has 2 N–H and O–H groups in total. The number of carbonyl (C=O) groups excluding carboxylic acids is 2. The summed E-state index contributed by atoms with van der Waals surface area (Å²) < 4.78 is 22.8. The number of hydrazine groups is 1. The minimum Gasteiger partial charge on any atom is -0.273 e. The van der Waals surface area contributed by atoms with Crippen molar-refractivity contribution in [3.8, 4) is 11.1 Å². The van der Waals surface area contributed by atoms with Crippen LogP contribution in [0.3, 0.4) is 0 Å². The Hall–Kier alpha value is -2.67. The van der Waals surface area contributed by atoms with Crippen molar-refractivity contribution < 1.29 is 18.0 Å². The van der Waals surface area contributed by atoms with E-state index in [-0.39, 0.29) is 29.8 Å². The average Bonchev–Trinajstić information content (AvgIpc) is 2.99. The molecule has 1 aliphatic heterocycles. The van der Waals surface area contributed by atoms with Crippen LogP contribution in [0.15, 0.2) is 54.6 Å². The summed E-state index contributed by atoms with van der Waals surface area (Å²) in [6.07, 6.45) is 0.580. The number of amides is 2. The van der Waals surface area contributed by atoms with Gasteiger partial charge in [0.05, 0.1) is 11.5 Å². The summed E-state index contributed by atoms with van der Waals surface area (Å²) in [5, 5.41) is 0. The molecule has 26 heavy (non-hydrogen) atoms. The van der Waals surface area contributed by atoms with Crippen LogP contribution >= 0.6 is 0 Å². The Morgan fingerprint density at radius 3 is 2.19 bits per heavy atom. The predicted molar refractivity (Wildman–Crippen MR) is 98.9 cm³/mol. The molecular weight excluding hydrogens is 352 g/mol. The standard InChI is InChI=1S/C19H20N2O4S/c22-18(12-14-10-11-26(24,25)13-14)20-21-19(23)17-8-6-16(7-9-17)15-4-2-1-3-5-15/h1-9,14H,10-13H2,(H,20,22)(H,21,23)/t14-/m0/s1. The number of hydrogen-bond acceptors (Lipinski definition) is 4. The maximum atomic E-state index is 12.1. The topological polar surface area (TPSA) is 92.3 Å². The van der Waals surface area contributed by atoms with E-state index < -0.39 is 15.7 Å². The van der Waals surface area contributed by atoms with Gasteiger partial charge in [0.25, 0.3) is 5.91 Å². The number of sulfone groups is 1. The van der Waals surface area contributed by atoms with E-state index in [0.29, 0.717) is 12.0 Å². The van der Waals surface area contributed by atoms with Gasteiger partial charge in [-0.15, -0.1) is 0 Å². The summed E-state index contributed by atoms with van der Waals surface area (Å²) >= 11 is 0. The molecule has 0 bridgehead atoms. The Morgan fingerprint density at radius 2 is 1.58 bits per heavy atom. The van der Waals surface area contributed by atoms with Gasteiger partial charge in [-0.2, -0.15) is 0 Å². The van der Waals surface area contributed by atoms with Crippen LogP contribution in [0.5, 0.6) is 0 Å². The molecule has 0 radical (unpaired) electrons. The third kappa shape index (κ3) is 4.70. The molecule has 1 saturated heterocycles. The van der Waals surface area contributed by atoms with Crippen LogP contribution in [0.1, 0.15) is 23.2 Å². The molecule has 0 aromatic heterocycles. The van der Waals surface area contributed by atoms with E-state index in [1.54, 1.807) is 12.1 Å². The third-order valence-electron chi connectivity index (χ3n) is 4.37. The Labute approximate surface area is 152 Å². The van der Waals surface area contributed by atoms with Crippen LogP contribution < -0.4 is 10.9 Å². The highest BCUT2D eigenvalue weighted by Crippen LogP contribution is 2.21. The van der Waals surface area contributed by atoms with E-state index in [9.17, 15) is 18.0 Å². The van der Waals surface area contributed by atoms with Crippen LogP contribution in [0, 0.1) is 5.92 Å². The van der Waals surface area contributed by atoms with Crippen molar-refractivity contribution in [2.75, 3.05) is 11.5 Å². The lowest BCUT2D eigenvalue weighted by Gasteiger charge is -2.10. The largest absolute Gasteiger partial charge is 0.273 e. The Bertz CT molecular complexity index is 893. The second-order valence-electron chi connectivity index (χ2n) is 6.42. The van der Waals surface area contributed by atoms with Crippen molar-refractivity contribution >= 4 is 21.7 Å². The molecule has 136 valence electrons.